The van der Waals surface area contributed by atoms with Crippen LogP contribution in [0.3, 0.4) is 0 Å². The molecule has 0 saturated carbocycles. The Labute approximate surface area is 120 Å². The first-order chi connectivity index (χ1) is 9.33. The van der Waals surface area contributed by atoms with Crippen molar-refractivity contribution in [1.82, 2.24) is 15.3 Å². The molecule has 5 heteroatoms. The molecule has 0 spiro atoms. The Balaban J connectivity index is 1.61. The summed E-state index contributed by atoms with van der Waals surface area (Å²) >= 11 is 3.48. The van der Waals surface area contributed by atoms with Gasteiger partial charge in [0.2, 0.25) is 0 Å². The molecule has 2 heterocycles. The first kappa shape index (κ1) is 12.7. The van der Waals surface area contributed by atoms with E-state index in [9.17, 15) is 0 Å². The molecule has 1 N–H and O–H groups in total. The van der Waals surface area contributed by atoms with Gasteiger partial charge in [0, 0.05) is 24.5 Å². The fraction of sp³-hybridized carbons (Fsp3) is 0.286. The van der Waals surface area contributed by atoms with Crippen LogP contribution in [0.5, 0.6) is 0 Å². The van der Waals surface area contributed by atoms with Crippen molar-refractivity contribution in [3.8, 4) is 0 Å². The highest BCUT2D eigenvalue weighted by Gasteiger charge is 2.10. The third-order valence-electron chi connectivity index (χ3n) is 2.95. The third kappa shape index (κ3) is 3.00. The van der Waals surface area contributed by atoms with E-state index in [-0.39, 0.29) is 6.04 Å². The molecule has 3 rings (SSSR count). The second kappa shape index (κ2) is 5.77. The van der Waals surface area contributed by atoms with E-state index < -0.39 is 0 Å². The first-order valence-corrected chi connectivity index (χ1v) is 8.00. The van der Waals surface area contributed by atoms with Gasteiger partial charge in [-0.05, 0) is 19.1 Å². The lowest BCUT2D eigenvalue weighted by Crippen LogP contribution is -2.21. The monoisotopic (exact) mass is 289 g/mol. The Morgan fingerprint density at radius 2 is 2.21 bits per heavy atom. The zero-order chi connectivity index (χ0) is 13.1. The zero-order valence-corrected chi connectivity index (χ0v) is 12.3. The van der Waals surface area contributed by atoms with E-state index in [1.54, 1.807) is 22.7 Å². The van der Waals surface area contributed by atoms with Crippen LogP contribution in [0, 0.1) is 0 Å². The Morgan fingerprint density at radius 1 is 1.32 bits per heavy atom. The molecule has 98 valence electrons. The lowest BCUT2D eigenvalue weighted by atomic mass is 10.3. The van der Waals surface area contributed by atoms with Gasteiger partial charge in [-0.25, -0.2) is 9.97 Å². The minimum absolute atomic E-state index is 0.289. The van der Waals surface area contributed by atoms with E-state index in [0.29, 0.717) is 0 Å². The summed E-state index contributed by atoms with van der Waals surface area (Å²) in [6, 6.07) is 8.57. The van der Waals surface area contributed by atoms with E-state index >= 15 is 0 Å². The fourth-order valence-corrected chi connectivity index (χ4v) is 3.55. The molecule has 3 nitrogen and oxygen atoms in total. The van der Waals surface area contributed by atoms with Gasteiger partial charge < -0.3 is 5.32 Å². The molecular weight excluding hydrogens is 274 g/mol. The molecule has 0 aliphatic carbocycles. The molecule has 0 aliphatic heterocycles. The van der Waals surface area contributed by atoms with E-state index in [4.69, 9.17) is 0 Å². The van der Waals surface area contributed by atoms with Crippen LogP contribution in [0.4, 0.5) is 0 Å². The van der Waals surface area contributed by atoms with Gasteiger partial charge in [0.25, 0.3) is 0 Å². The van der Waals surface area contributed by atoms with Crippen LogP contribution in [0.2, 0.25) is 0 Å². The van der Waals surface area contributed by atoms with Crippen LogP contribution < -0.4 is 5.32 Å². The predicted octanol–water partition coefficient (Wildman–Crippen LogP) is 3.65. The number of nitrogens with zero attached hydrogens (tertiary/aromatic N) is 2. The predicted molar refractivity (Wildman–Crippen MR) is 81.9 cm³/mol. The van der Waals surface area contributed by atoms with E-state index in [1.807, 2.05) is 17.6 Å². The lowest BCUT2D eigenvalue weighted by molar-refractivity contribution is 0.574. The van der Waals surface area contributed by atoms with Crippen LogP contribution >= 0.6 is 22.7 Å². The minimum Gasteiger partial charge on any atom is -0.308 e. The maximum atomic E-state index is 4.67. The summed E-state index contributed by atoms with van der Waals surface area (Å²) in [5.74, 6) is 0. The summed E-state index contributed by atoms with van der Waals surface area (Å²) in [6.07, 6.45) is 2.84. The van der Waals surface area contributed by atoms with Crippen LogP contribution in [0.1, 0.15) is 23.0 Å². The van der Waals surface area contributed by atoms with E-state index in [2.05, 4.69) is 40.4 Å². The quantitative estimate of drug-likeness (QED) is 0.779. The van der Waals surface area contributed by atoms with Crippen LogP contribution in [-0.2, 0) is 6.42 Å². The number of hydrogen-bond donors (Lipinski definition) is 1. The summed E-state index contributed by atoms with van der Waals surface area (Å²) in [5.41, 5.74) is 1.09. The molecule has 1 unspecified atom stereocenters. The molecule has 0 bridgehead atoms. The molecule has 19 heavy (non-hydrogen) atoms. The average molecular weight is 289 g/mol. The second-order valence-corrected chi connectivity index (χ2v) is 6.41. The number of thiazole rings is 2. The molecule has 0 amide bonds. The highest BCUT2D eigenvalue weighted by Crippen LogP contribution is 2.25. The average Bonchev–Trinajstić information content (AvgIpc) is 3.07. The van der Waals surface area contributed by atoms with E-state index in [1.165, 1.54) is 9.71 Å². The maximum Gasteiger partial charge on any atom is 0.111 e. The molecular formula is C14H15N3S2. The Bertz CT molecular complexity index is 613. The number of aromatic nitrogens is 2. The van der Waals surface area contributed by atoms with Crippen LogP contribution in [0.15, 0.2) is 35.8 Å². The van der Waals surface area contributed by atoms with Crippen molar-refractivity contribution in [2.45, 2.75) is 19.4 Å². The number of fused-ring (bicyclic) bond motifs is 1. The molecule has 0 radical (unpaired) electrons. The summed E-state index contributed by atoms with van der Waals surface area (Å²) in [6.45, 7) is 3.10. The van der Waals surface area contributed by atoms with Gasteiger partial charge in [0.15, 0.2) is 0 Å². The van der Waals surface area contributed by atoms with Gasteiger partial charge in [-0.1, -0.05) is 12.1 Å². The van der Waals surface area contributed by atoms with Crippen LogP contribution in [0.25, 0.3) is 10.2 Å². The van der Waals surface area contributed by atoms with Gasteiger partial charge in [0.1, 0.15) is 5.01 Å². The molecule has 1 atom stereocenters. The fourth-order valence-electron chi connectivity index (χ4n) is 1.93. The largest absolute Gasteiger partial charge is 0.308 e. The second-order valence-electron chi connectivity index (χ2n) is 4.37. The molecule has 0 aliphatic rings. The van der Waals surface area contributed by atoms with Crippen molar-refractivity contribution < 1.29 is 0 Å². The van der Waals surface area contributed by atoms with Crippen molar-refractivity contribution in [2.24, 2.45) is 0 Å². The standard InChI is InChI=1S/C14H15N3S2/c1-10(15-7-6-13-16-8-9-18-13)14-17-11-4-2-3-5-12(11)19-14/h2-5,8-10,15H,6-7H2,1H3. The summed E-state index contributed by atoms with van der Waals surface area (Å²) in [4.78, 5) is 8.96. The van der Waals surface area contributed by atoms with Crippen molar-refractivity contribution in [1.29, 1.82) is 0 Å². The first-order valence-electron chi connectivity index (χ1n) is 6.30. The molecule has 3 aromatic rings. The van der Waals surface area contributed by atoms with Gasteiger partial charge >= 0.3 is 0 Å². The number of para-hydroxylation sites is 1. The van der Waals surface area contributed by atoms with Gasteiger partial charge in [-0.3, -0.25) is 0 Å². The minimum atomic E-state index is 0.289. The van der Waals surface area contributed by atoms with Crippen molar-refractivity contribution in [3.05, 3.63) is 45.9 Å². The SMILES string of the molecule is CC(NCCc1nccs1)c1nc2ccccc2s1. The lowest BCUT2D eigenvalue weighted by Gasteiger charge is -2.09. The zero-order valence-electron chi connectivity index (χ0n) is 10.7. The van der Waals surface area contributed by atoms with E-state index in [0.717, 1.165) is 23.5 Å². The van der Waals surface area contributed by atoms with Gasteiger partial charge in [0.05, 0.1) is 21.3 Å². The highest BCUT2D eigenvalue weighted by molar-refractivity contribution is 7.18. The van der Waals surface area contributed by atoms with Crippen LogP contribution in [-0.4, -0.2) is 16.5 Å². The summed E-state index contributed by atoms with van der Waals surface area (Å²) in [5, 5.41) is 7.87. The number of benzene rings is 1. The number of nitrogens with one attached hydrogen (secondary N) is 1. The van der Waals surface area contributed by atoms with Crippen molar-refractivity contribution in [3.63, 3.8) is 0 Å². The molecule has 0 fully saturated rings. The van der Waals surface area contributed by atoms with Gasteiger partial charge in [-0.2, -0.15) is 0 Å². The summed E-state index contributed by atoms with van der Waals surface area (Å²) in [7, 11) is 0. The Hall–Kier alpha value is -1.30. The smallest absolute Gasteiger partial charge is 0.111 e. The maximum absolute atomic E-state index is 4.67. The number of rotatable bonds is 5. The van der Waals surface area contributed by atoms with Crippen molar-refractivity contribution in [2.75, 3.05) is 6.54 Å². The third-order valence-corrected chi connectivity index (χ3v) is 5.01. The van der Waals surface area contributed by atoms with Gasteiger partial charge in [-0.15, -0.1) is 22.7 Å². The van der Waals surface area contributed by atoms with Crippen molar-refractivity contribution >= 4 is 32.9 Å². The number of hydrogen-bond acceptors (Lipinski definition) is 5. The Kier molecular flexibility index (Phi) is 3.87. The summed E-state index contributed by atoms with van der Waals surface area (Å²) < 4.78 is 1.26. The normalized spacial score (nSPS) is 12.9. The molecule has 1 aromatic carbocycles. The molecule has 0 saturated heterocycles. The highest BCUT2D eigenvalue weighted by atomic mass is 32.1. The molecule has 2 aromatic heterocycles. The topological polar surface area (TPSA) is 37.8 Å². The Morgan fingerprint density at radius 3 is 3.00 bits per heavy atom.